The van der Waals surface area contributed by atoms with Crippen molar-refractivity contribution in [3.8, 4) is 0 Å². The predicted octanol–water partition coefficient (Wildman–Crippen LogP) is 3.16. The maximum atomic E-state index is 12.8. The highest BCUT2D eigenvalue weighted by Crippen LogP contribution is 2.36. The lowest BCUT2D eigenvalue weighted by molar-refractivity contribution is 0.0902. The van der Waals surface area contributed by atoms with Crippen molar-refractivity contribution in [1.82, 2.24) is 5.32 Å². The Morgan fingerprint density at radius 3 is 2.68 bits per heavy atom. The van der Waals surface area contributed by atoms with E-state index in [1.54, 1.807) is 0 Å². The molecule has 3 atom stereocenters. The number of hydrogen-bond donors (Lipinski definition) is 1. The molecule has 2 aliphatic heterocycles. The van der Waals surface area contributed by atoms with E-state index in [0.29, 0.717) is 17.9 Å². The molecule has 0 saturated carbocycles. The minimum Gasteiger partial charge on any atom is -0.310 e. The zero-order valence-corrected chi connectivity index (χ0v) is 10.8. The van der Waals surface area contributed by atoms with Gasteiger partial charge in [0, 0.05) is 23.6 Å². The van der Waals surface area contributed by atoms with E-state index in [9.17, 15) is 4.79 Å². The van der Waals surface area contributed by atoms with E-state index in [1.165, 1.54) is 6.42 Å². The molecule has 0 spiro atoms. The molecule has 4 rings (SSSR count). The van der Waals surface area contributed by atoms with Crippen LogP contribution in [-0.4, -0.2) is 17.9 Å². The van der Waals surface area contributed by atoms with Crippen LogP contribution in [0.15, 0.2) is 42.5 Å². The summed E-state index contributed by atoms with van der Waals surface area (Å²) in [6, 6.07) is 15.2. The SMILES string of the molecule is O=C(c1cccc2ccccc12)C1CC2CCC1N2. The average Bonchev–Trinajstić information content (AvgIpc) is 3.08. The van der Waals surface area contributed by atoms with Gasteiger partial charge in [-0.3, -0.25) is 4.79 Å². The Kier molecular flexibility index (Phi) is 2.46. The molecule has 19 heavy (non-hydrogen) atoms. The summed E-state index contributed by atoms with van der Waals surface area (Å²) in [5, 5.41) is 5.81. The van der Waals surface area contributed by atoms with Crippen molar-refractivity contribution in [2.75, 3.05) is 0 Å². The van der Waals surface area contributed by atoms with E-state index in [0.717, 1.165) is 29.2 Å². The van der Waals surface area contributed by atoms with Crippen LogP contribution in [0.3, 0.4) is 0 Å². The molecule has 96 valence electrons. The summed E-state index contributed by atoms with van der Waals surface area (Å²) in [4.78, 5) is 12.8. The van der Waals surface area contributed by atoms with Crippen LogP contribution in [0.5, 0.6) is 0 Å². The van der Waals surface area contributed by atoms with Crippen LogP contribution >= 0.6 is 0 Å². The zero-order chi connectivity index (χ0) is 12.8. The first kappa shape index (κ1) is 11.2. The lowest BCUT2D eigenvalue weighted by Gasteiger charge is -2.19. The highest BCUT2D eigenvalue weighted by Gasteiger charge is 2.42. The van der Waals surface area contributed by atoms with Crippen LogP contribution in [-0.2, 0) is 0 Å². The summed E-state index contributed by atoms with van der Waals surface area (Å²) in [6.45, 7) is 0. The minimum atomic E-state index is 0.185. The van der Waals surface area contributed by atoms with Crippen molar-refractivity contribution < 1.29 is 4.79 Å². The van der Waals surface area contributed by atoms with Crippen LogP contribution in [0, 0.1) is 5.92 Å². The third-order valence-corrected chi connectivity index (χ3v) is 4.69. The fourth-order valence-corrected chi connectivity index (χ4v) is 3.75. The topological polar surface area (TPSA) is 29.1 Å². The Balaban J connectivity index is 1.76. The monoisotopic (exact) mass is 251 g/mol. The second-order valence-electron chi connectivity index (χ2n) is 5.78. The third-order valence-electron chi connectivity index (χ3n) is 4.69. The molecule has 0 aromatic heterocycles. The molecule has 0 amide bonds. The number of carbonyl (C=O) groups is 1. The molecule has 3 unspecified atom stereocenters. The standard InChI is InChI=1S/C17H17NO/c19-17(15-10-12-8-9-16(15)18-12)14-7-3-5-11-4-1-2-6-13(11)14/h1-7,12,15-16,18H,8-10H2. The molecular weight excluding hydrogens is 234 g/mol. The number of Topliss-reactive ketones (excluding diaryl/α,β-unsaturated/α-hetero) is 1. The van der Waals surface area contributed by atoms with Gasteiger partial charge in [-0.1, -0.05) is 42.5 Å². The Labute approximate surface area is 112 Å². The van der Waals surface area contributed by atoms with Crippen molar-refractivity contribution in [1.29, 1.82) is 0 Å². The second kappa shape index (κ2) is 4.17. The summed E-state index contributed by atoms with van der Waals surface area (Å²) in [5.74, 6) is 0.515. The fourth-order valence-electron chi connectivity index (χ4n) is 3.75. The van der Waals surface area contributed by atoms with E-state index >= 15 is 0 Å². The highest BCUT2D eigenvalue weighted by molar-refractivity contribution is 6.09. The quantitative estimate of drug-likeness (QED) is 0.831. The normalized spacial score (nSPS) is 28.9. The van der Waals surface area contributed by atoms with Crippen LogP contribution in [0.4, 0.5) is 0 Å². The molecule has 2 bridgehead atoms. The lowest BCUT2D eigenvalue weighted by Crippen LogP contribution is -2.28. The van der Waals surface area contributed by atoms with Gasteiger partial charge in [-0.25, -0.2) is 0 Å². The summed E-state index contributed by atoms with van der Waals surface area (Å²) >= 11 is 0. The molecule has 2 heterocycles. The number of rotatable bonds is 2. The first-order valence-corrected chi connectivity index (χ1v) is 7.11. The van der Waals surface area contributed by atoms with Gasteiger partial charge in [-0.15, -0.1) is 0 Å². The second-order valence-corrected chi connectivity index (χ2v) is 5.78. The molecular formula is C17H17NO. The largest absolute Gasteiger partial charge is 0.310 e. The van der Waals surface area contributed by atoms with Crippen molar-refractivity contribution in [2.24, 2.45) is 5.92 Å². The number of carbonyl (C=O) groups excluding carboxylic acids is 1. The van der Waals surface area contributed by atoms with Gasteiger partial charge in [-0.05, 0) is 30.0 Å². The molecule has 0 radical (unpaired) electrons. The zero-order valence-electron chi connectivity index (χ0n) is 10.8. The molecule has 1 N–H and O–H groups in total. The first-order valence-electron chi connectivity index (χ1n) is 7.11. The number of fused-ring (bicyclic) bond motifs is 3. The Morgan fingerprint density at radius 2 is 1.89 bits per heavy atom. The molecule has 2 aromatic carbocycles. The summed E-state index contributed by atoms with van der Waals surface area (Å²) in [7, 11) is 0. The Morgan fingerprint density at radius 1 is 1.05 bits per heavy atom. The van der Waals surface area contributed by atoms with Gasteiger partial charge in [0.1, 0.15) is 0 Å². The van der Waals surface area contributed by atoms with E-state index < -0.39 is 0 Å². The van der Waals surface area contributed by atoms with Crippen LogP contribution < -0.4 is 5.32 Å². The summed E-state index contributed by atoms with van der Waals surface area (Å²) < 4.78 is 0. The van der Waals surface area contributed by atoms with Gasteiger partial charge < -0.3 is 5.32 Å². The number of ketones is 1. The fraction of sp³-hybridized carbons (Fsp3) is 0.353. The van der Waals surface area contributed by atoms with Crippen LogP contribution in [0.25, 0.3) is 10.8 Å². The highest BCUT2D eigenvalue weighted by atomic mass is 16.1. The van der Waals surface area contributed by atoms with Crippen molar-refractivity contribution in [3.63, 3.8) is 0 Å². The van der Waals surface area contributed by atoms with Crippen molar-refractivity contribution >= 4 is 16.6 Å². The molecule has 2 saturated heterocycles. The van der Waals surface area contributed by atoms with Crippen molar-refractivity contribution in [3.05, 3.63) is 48.0 Å². The van der Waals surface area contributed by atoms with E-state index in [4.69, 9.17) is 0 Å². The molecule has 2 fully saturated rings. The van der Waals surface area contributed by atoms with Gasteiger partial charge in [0.2, 0.25) is 0 Å². The first-order chi connectivity index (χ1) is 9.33. The molecule has 0 aliphatic carbocycles. The van der Waals surface area contributed by atoms with Crippen LogP contribution in [0.2, 0.25) is 0 Å². The third kappa shape index (κ3) is 1.71. The van der Waals surface area contributed by atoms with Gasteiger partial charge in [0.25, 0.3) is 0 Å². The van der Waals surface area contributed by atoms with Crippen LogP contribution in [0.1, 0.15) is 29.6 Å². The van der Waals surface area contributed by atoms with Gasteiger partial charge >= 0.3 is 0 Å². The molecule has 2 heteroatoms. The molecule has 2 nitrogen and oxygen atoms in total. The number of benzene rings is 2. The van der Waals surface area contributed by atoms with E-state index in [-0.39, 0.29) is 5.92 Å². The smallest absolute Gasteiger partial charge is 0.168 e. The average molecular weight is 251 g/mol. The van der Waals surface area contributed by atoms with E-state index in [1.807, 2.05) is 24.3 Å². The van der Waals surface area contributed by atoms with Gasteiger partial charge in [0.15, 0.2) is 5.78 Å². The maximum Gasteiger partial charge on any atom is 0.168 e. The predicted molar refractivity (Wildman–Crippen MR) is 76.3 cm³/mol. The molecule has 2 aromatic rings. The summed E-state index contributed by atoms with van der Waals surface area (Å²) in [5.41, 5.74) is 0.900. The molecule has 2 aliphatic rings. The van der Waals surface area contributed by atoms with E-state index in [2.05, 4.69) is 23.5 Å². The Bertz CT molecular complexity index is 643. The summed E-state index contributed by atoms with van der Waals surface area (Å²) in [6.07, 6.45) is 3.42. The minimum absolute atomic E-state index is 0.185. The van der Waals surface area contributed by atoms with Gasteiger partial charge in [-0.2, -0.15) is 0 Å². The van der Waals surface area contributed by atoms with Gasteiger partial charge in [0.05, 0.1) is 0 Å². The Hall–Kier alpha value is -1.67. The maximum absolute atomic E-state index is 12.8. The van der Waals surface area contributed by atoms with Crippen molar-refractivity contribution in [2.45, 2.75) is 31.3 Å². The lowest BCUT2D eigenvalue weighted by atomic mass is 9.82. The number of nitrogens with one attached hydrogen (secondary N) is 1. The number of hydrogen-bond acceptors (Lipinski definition) is 2.